The van der Waals surface area contributed by atoms with Crippen LogP contribution in [0.1, 0.15) is 37.7 Å². The molecule has 4 nitrogen and oxygen atoms in total. The Balaban J connectivity index is 2.18. The molecule has 0 N–H and O–H groups in total. The molecule has 146 valence electrons. The SMILES string of the molecule is CC(C)(C)c1nc2ccc(Br)cc2c(=O)n1N=Cc1cccc(C(F)(F)F)c1. The first-order valence-electron chi connectivity index (χ1n) is 8.41. The van der Waals surface area contributed by atoms with Crippen molar-refractivity contribution in [1.82, 2.24) is 9.66 Å². The summed E-state index contributed by atoms with van der Waals surface area (Å²) < 4.78 is 40.6. The van der Waals surface area contributed by atoms with Gasteiger partial charge in [0, 0.05) is 9.89 Å². The fraction of sp³-hybridized carbons (Fsp3) is 0.250. The maximum absolute atomic E-state index is 13.0. The minimum Gasteiger partial charge on any atom is -0.267 e. The molecular formula is C20H17BrF3N3O. The Morgan fingerprint density at radius 3 is 2.46 bits per heavy atom. The third-order valence-corrected chi connectivity index (χ3v) is 4.51. The number of hydrogen-bond acceptors (Lipinski definition) is 3. The van der Waals surface area contributed by atoms with E-state index in [1.54, 1.807) is 18.2 Å². The van der Waals surface area contributed by atoms with Crippen molar-refractivity contribution >= 4 is 33.0 Å². The van der Waals surface area contributed by atoms with E-state index in [0.29, 0.717) is 16.7 Å². The van der Waals surface area contributed by atoms with Gasteiger partial charge >= 0.3 is 6.18 Å². The number of alkyl halides is 3. The molecule has 0 aliphatic heterocycles. The van der Waals surface area contributed by atoms with Crippen LogP contribution in [-0.4, -0.2) is 15.9 Å². The van der Waals surface area contributed by atoms with Crippen LogP contribution in [0.15, 0.2) is 56.8 Å². The predicted octanol–water partition coefficient (Wildman–Crippen LogP) is 5.36. The van der Waals surface area contributed by atoms with Gasteiger partial charge in [0.15, 0.2) is 0 Å². The van der Waals surface area contributed by atoms with E-state index in [2.05, 4.69) is 26.0 Å². The lowest BCUT2D eigenvalue weighted by Gasteiger charge is -2.20. The first-order chi connectivity index (χ1) is 13.0. The molecule has 0 radical (unpaired) electrons. The molecule has 1 aromatic heterocycles. The fourth-order valence-electron chi connectivity index (χ4n) is 2.66. The molecule has 0 spiro atoms. The number of nitrogens with zero attached hydrogens (tertiary/aromatic N) is 3. The number of benzene rings is 2. The summed E-state index contributed by atoms with van der Waals surface area (Å²) in [6, 6.07) is 9.93. The van der Waals surface area contributed by atoms with Crippen molar-refractivity contribution in [3.63, 3.8) is 0 Å². The lowest BCUT2D eigenvalue weighted by atomic mass is 9.95. The van der Waals surface area contributed by atoms with Crippen LogP contribution >= 0.6 is 15.9 Å². The average molecular weight is 452 g/mol. The molecule has 0 amide bonds. The van der Waals surface area contributed by atoms with Crippen molar-refractivity contribution in [2.24, 2.45) is 5.10 Å². The standard InChI is InChI=1S/C20H17BrF3N3O/c1-19(2,3)18-26-16-8-7-14(21)10-15(16)17(28)27(18)25-11-12-5-4-6-13(9-12)20(22,23)24/h4-11H,1-3H3. The average Bonchev–Trinajstić information content (AvgIpc) is 2.60. The molecule has 0 fully saturated rings. The smallest absolute Gasteiger partial charge is 0.267 e. The first-order valence-corrected chi connectivity index (χ1v) is 9.20. The summed E-state index contributed by atoms with van der Waals surface area (Å²) in [4.78, 5) is 17.6. The molecule has 3 aromatic rings. The van der Waals surface area contributed by atoms with Crippen molar-refractivity contribution in [2.75, 3.05) is 0 Å². The number of rotatable bonds is 2. The molecule has 0 saturated heterocycles. The zero-order chi connectivity index (χ0) is 20.7. The van der Waals surface area contributed by atoms with Gasteiger partial charge in [-0.2, -0.15) is 22.9 Å². The molecule has 0 saturated carbocycles. The van der Waals surface area contributed by atoms with Gasteiger partial charge in [-0.1, -0.05) is 48.8 Å². The maximum atomic E-state index is 13.0. The zero-order valence-corrected chi connectivity index (χ0v) is 17.0. The highest BCUT2D eigenvalue weighted by molar-refractivity contribution is 9.10. The summed E-state index contributed by atoms with van der Waals surface area (Å²) in [5.41, 5.74) is -0.912. The molecule has 28 heavy (non-hydrogen) atoms. The minimum atomic E-state index is -4.45. The highest BCUT2D eigenvalue weighted by Crippen LogP contribution is 2.29. The summed E-state index contributed by atoms with van der Waals surface area (Å²) >= 11 is 3.33. The van der Waals surface area contributed by atoms with Gasteiger partial charge in [-0.05, 0) is 35.9 Å². The van der Waals surface area contributed by atoms with Crippen molar-refractivity contribution in [2.45, 2.75) is 32.4 Å². The van der Waals surface area contributed by atoms with Crippen LogP contribution in [0.2, 0.25) is 0 Å². The number of hydrogen-bond donors (Lipinski definition) is 0. The van der Waals surface area contributed by atoms with E-state index >= 15 is 0 Å². The molecule has 0 bridgehead atoms. The Hall–Kier alpha value is -2.48. The van der Waals surface area contributed by atoms with Crippen LogP contribution < -0.4 is 5.56 Å². The Labute approximate surface area is 167 Å². The molecule has 8 heteroatoms. The van der Waals surface area contributed by atoms with Crippen LogP contribution in [0.4, 0.5) is 13.2 Å². The molecule has 0 aliphatic rings. The Kier molecular flexibility index (Phi) is 5.18. The molecule has 0 unspecified atom stereocenters. The normalized spacial score (nSPS) is 12.8. The molecule has 0 aliphatic carbocycles. The second kappa shape index (κ2) is 7.16. The second-order valence-corrected chi connectivity index (χ2v) is 8.25. The van der Waals surface area contributed by atoms with Gasteiger partial charge in [0.1, 0.15) is 5.82 Å². The maximum Gasteiger partial charge on any atom is 0.416 e. The topological polar surface area (TPSA) is 47.2 Å². The van der Waals surface area contributed by atoms with Crippen LogP contribution in [-0.2, 0) is 11.6 Å². The summed E-state index contributed by atoms with van der Waals surface area (Å²) in [7, 11) is 0. The van der Waals surface area contributed by atoms with Gasteiger partial charge in [0.2, 0.25) is 0 Å². The van der Waals surface area contributed by atoms with E-state index in [-0.39, 0.29) is 11.1 Å². The van der Waals surface area contributed by atoms with Gasteiger partial charge in [-0.15, -0.1) is 0 Å². The number of halogens is 4. The Morgan fingerprint density at radius 2 is 1.82 bits per heavy atom. The van der Waals surface area contributed by atoms with Gasteiger partial charge < -0.3 is 0 Å². The van der Waals surface area contributed by atoms with E-state index in [4.69, 9.17) is 0 Å². The first kappa shape index (κ1) is 20.3. The van der Waals surface area contributed by atoms with Crippen LogP contribution in [0.3, 0.4) is 0 Å². The minimum absolute atomic E-state index is 0.232. The van der Waals surface area contributed by atoms with Gasteiger partial charge in [0.05, 0.1) is 22.7 Å². The Morgan fingerprint density at radius 1 is 1.11 bits per heavy atom. The lowest BCUT2D eigenvalue weighted by Crippen LogP contribution is -2.29. The van der Waals surface area contributed by atoms with E-state index < -0.39 is 17.2 Å². The van der Waals surface area contributed by atoms with Gasteiger partial charge in [0.25, 0.3) is 5.56 Å². The quantitative estimate of drug-likeness (QED) is 0.492. The van der Waals surface area contributed by atoms with E-state index in [1.165, 1.54) is 18.3 Å². The van der Waals surface area contributed by atoms with Crippen LogP contribution in [0.5, 0.6) is 0 Å². The molecule has 0 atom stereocenters. The van der Waals surface area contributed by atoms with Gasteiger partial charge in [-0.3, -0.25) is 4.79 Å². The summed E-state index contributed by atoms with van der Waals surface area (Å²) in [6.45, 7) is 5.65. The van der Waals surface area contributed by atoms with Crippen molar-refractivity contribution in [3.05, 3.63) is 74.2 Å². The van der Waals surface area contributed by atoms with Crippen molar-refractivity contribution in [1.29, 1.82) is 0 Å². The summed E-state index contributed by atoms with van der Waals surface area (Å²) in [6.07, 6.45) is -3.22. The third kappa shape index (κ3) is 4.16. The van der Waals surface area contributed by atoms with Crippen molar-refractivity contribution in [3.8, 4) is 0 Å². The summed E-state index contributed by atoms with van der Waals surface area (Å²) in [5.74, 6) is 0.413. The fourth-order valence-corrected chi connectivity index (χ4v) is 3.02. The van der Waals surface area contributed by atoms with Gasteiger partial charge in [-0.25, -0.2) is 4.98 Å². The molecule has 2 aromatic carbocycles. The van der Waals surface area contributed by atoms with Crippen LogP contribution in [0.25, 0.3) is 10.9 Å². The monoisotopic (exact) mass is 451 g/mol. The summed E-state index contributed by atoms with van der Waals surface area (Å²) in [5, 5.41) is 4.54. The lowest BCUT2D eigenvalue weighted by molar-refractivity contribution is -0.137. The van der Waals surface area contributed by atoms with E-state index in [9.17, 15) is 18.0 Å². The second-order valence-electron chi connectivity index (χ2n) is 7.33. The van der Waals surface area contributed by atoms with E-state index in [0.717, 1.165) is 21.3 Å². The predicted molar refractivity (Wildman–Crippen MR) is 107 cm³/mol. The van der Waals surface area contributed by atoms with Crippen molar-refractivity contribution < 1.29 is 13.2 Å². The highest BCUT2D eigenvalue weighted by atomic mass is 79.9. The largest absolute Gasteiger partial charge is 0.416 e. The molecular weight excluding hydrogens is 435 g/mol. The zero-order valence-electron chi connectivity index (χ0n) is 15.4. The molecule has 3 rings (SSSR count). The van der Waals surface area contributed by atoms with E-state index in [1.807, 2.05) is 20.8 Å². The molecule has 1 heterocycles. The highest BCUT2D eigenvalue weighted by Gasteiger charge is 2.30. The third-order valence-electron chi connectivity index (χ3n) is 4.02. The number of fused-ring (bicyclic) bond motifs is 1. The number of aromatic nitrogens is 2. The Bertz CT molecular complexity index is 1130. The van der Waals surface area contributed by atoms with Crippen LogP contribution in [0, 0.1) is 0 Å².